The normalized spacial score (nSPS) is 30.7. The van der Waals surface area contributed by atoms with E-state index in [-0.39, 0.29) is 41.6 Å². The molecule has 4 aliphatic rings. The number of nitrogens with two attached hydrogens (primary N) is 1. The summed E-state index contributed by atoms with van der Waals surface area (Å²) in [5, 5.41) is 44.7. The first-order valence-corrected chi connectivity index (χ1v) is 13.3. The van der Waals surface area contributed by atoms with Gasteiger partial charge in [-0.15, -0.1) is 0 Å². The van der Waals surface area contributed by atoms with Gasteiger partial charge in [0.05, 0.1) is 11.6 Å². The number of hydrogen-bond acceptors (Lipinski definition) is 10. The minimum atomic E-state index is -2.72. The molecule has 1 aliphatic heterocycles. The van der Waals surface area contributed by atoms with Crippen molar-refractivity contribution in [1.82, 2.24) is 14.7 Å². The molecule has 0 saturated carbocycles. The number of amides is 1. The van der Waals surface area contributed by atoms with Crippen molar-refractivity contribution < 1.29 is 39.2 Å². The molecule has 1 amide bonds. The van der Waals surface area contributed by atoms with Crippen molar-refractivity contribution in [1.29, 1.82) is 0 Å². The van der Waals surface area contributed by atoms with Crippen LogP contribution in [0.3, 0.4) is 0 Å². The number of aliphatic hydroxyl groups excluding tert-OH is 2. The Bertz CT molecular complexity index is 1390. The Morgan fingerprint density at radius 3 is 2.42 bits per heavy atom. The monoisotopic (exact) mass is 558 g/mol. The van der Waals surface area contributed by atoms with E-state index >= 15 is 4.39 Å². The fraction of sp³-hybridized carbons (Fsp3) is 0.536. The van der Waals surface area contributed by atoms with Crippen LogP contribution < -0.4 is 5.73 Å². The van der Waals surface area contributed by atoms with Gasteiger partial charge in [0.1, 0.15) is 28.7 Å². The van der Waals surface area contributed by atoms with E-state index in [2.05, 4.69) is 9.80 Å². The first-order chi connectivity index (χ1) is 18.7. The van der Waals surface area contributed by atoms with Crippen LogP contribution in [0, 0.1) is 17.7 Å². The van der Waals surface area contributed by atoms with Gasteiger partial charge in [-0.2, -0.15) is 0 Å². The van der Waals surface area contributed by atoms with Crippen LogP contribution >= 0.6 is 0 Å². The number of Topliss-reactive ketones (excluding diaryl/α,β-unsaturated/α-hetero) is 2. The van der Waals surface area contributed by atoms with Crippen molar-refractivity contribution in [2.24, 2.45) is 17.6 Å². The van der Waals surface area contributed by atoms with Crippen molar-refractivity contribution >= 4 is 17.5 Å². The number of ketones is 2. The first kappa shape index (κ1) is 28.2. The average molecular weight is 559 g/mol. The van der Waals surface area contributed by atoms with Crippen molar-refractivity contribution in [2.75, 3.05) is 41.3 Å². The first-order valence-electron chi connectivity index (χ1n) is 13.3. The van der Waals surface area contributed by atoms with Crippen LogP contribution in [0.2, 0.25) is 0 Å². The zero-order valence-electron chi connectivity index (χ0n) is 22.9. The molecule has 11 nitrogen and oxygen atoms in total. The number of aliphatic hydroxyl groups is 3. The van der Waals surface area contributed by atoms with Crippen molar-refractivity contribution in [2.45, 2.75) is 43.5 Å². The molecule has 1 unspecified atom stereocenters. The Labute approximate surface area is 231 Å². The highest BCUT2D eigenvalue weighted by atomic mass is 19.1. The van der Waals surface area contributed by atoms with Gasteiger partial charge < -0.3 is 31.1 Å². The van der Waals surface area contributed by atoms with E-state index in [9.17, 15) is 34.8 Å². The van der Waals surface area contributed by atoms with E-state index in [1.54, 1.807) is 14.1 Å². The van der Waals surface area contributed by atoms with Gasteiger partial charge in [-0.1, -0.05) is 0 Å². The number of phenolic OH excluding ortho intramolecular Hbond substituents is 1. The Morgan fingerprint density at radius 2 is 1.85 bits per heavy atom. The van der Waals surface area contributed by atoms with E-state index in [0.717, 1.165) is 19.5 Å². The molecule has 40 heavy (non-hydrogen) atoms. The van der Waals surface area contributed by atoms with Crippen LogP contribution in [0.15, 0.2) is 28.7 Å². The number of hydrogen-bond donors (Lipinski definition) is 5. The lowest BCUT2D eigenvalue weighted by Crippen LogP contribution is -2.63. The number of phenols is 1. The molecule has 0 radical (unpaired) electrons. The molecule has 1 saturated heterocycles. The number of benzene rings is 1. The largest absolute Gasteiger partial charge is 0.510 e. The second-order valence-electron chi connectivity index (χ2n) is 11.8. The maximum Gasteiger partial charge on any atom is 0.255 e. The zero-order valence-corrected chi connectivity index (χ0v) is 22.9. The van der Waals surface area contributed by atoms with Crippen LogP contribution in [-0.4, -0.2) is 112 Å². The molecule has 1 heterocycles. The average Bonchev–Trinajstić information content (AvgIpc) is 3.33. The number of primary amides is 1. The fourth-order valence-electron chi connectivity index (χ4n) is 7.09. The molecule has 5 atom stereocenters. The number of carbonyl (C=O) groups excluding carboxylic acids is 3. The lowest BCUT2D eigenvalue weighted by Gasteiger charge is -2.50. The highest BCUT2D eigenvalue weighted by Crippen LogP contribution is 2.52. The number of likely N-dealkylation sites (N-methyl/N-ethyl adjacent to an activating group) is 2. The summed E-state index contributed by atoms with van der Waals surface area (Å²) in [6, 6.07) is 0.443. The fourth-order valence-corrected chi connectivity index (χ4v) is 7.09. The SMILES string of the molecule is CN(C)[C@H]1CCN(Cc2cc(O)c3c(c2F)C[C@H]2CC4[C@H](N(C)C)C(O)=C(C(N)=O)C(=O)[C@@]4(O)C(O)=C2C3=O)C1. The molecule has 0 bridgehead atoms. The number of fused-ring (bicyclic) bond motifs is 3. The number of nitrogens with zero attached hydrogens (tertiary/aromatic N) is 3. The minimum absolute atomic E-state index is 0.0106. The van der Waals surface area contributed by atoms with Crippen LogP contribution in [0.5, 0.6) is 5.75 Å². The maximum atomic E-state index is 16.0. The lowest BCUT2D eigenvalue weighted by atomic mass is 9.58. The summed E-state index contributed by atoms with van der Waals surface area (Å²) in [7, 11) is 7.08. The van der Waals surface area contributed by atoms with E-state index in [1.165, 1.54) is 11.0 Å². The second-order valence-corrected chi connectivity index (χ2v) is 11.8. The summed E-state index contributed by atoms with van der Waals surface area (Å²) >= 11 is 0. The van der Waals surface area contributed by atoms with Gasteiger partial charge in [-0.3, -0.25) is 24.2 Å². The third-order valence-corrected chi connectivity index (χ3v) is 9.10. The predicted molar refractivity (Wildman–Crippen MR) is 141 cm³/mol. The number of halogens is 1. The number of aromatic hydroxyl groups is 1. The quantitative estimate of drug-likeness (QED) is 0.319. The standard InChI is InChI=1S/C28H35FN4O7/c1-31(2)14-5-6-33(11-14)10-13-9-17(34)19-15(21(13)29)7-12-8-16-22(32(3)4)24(36)20(27(30)39)26(38)28(16,40)25(37)18(12)23(19)35/h9,12,14,16,22,34,36-37,40H,5-8,10-11H2,1-4H3,(H2,30,39)/t12-,14-,16?,22-,28-/m0/s1. The topological polar surface area (TPSA) is 168 Å². The molecular formula is C28H35FN4O7. The molecule has 0 spiro atoms. The van der Waals surface area contributed by atoms with E-state index in [1.807, 2.05) is 14.1 Å². The Balaban J connectivity index is 1.58. The number of rotatable bonds is 5. The van der Waals surface area contributed by atoms with Crippen LogP contribution in [0.1, 0.15) is 34.3 Å². The summed E-state index contributed by atoms with van der Waals surface area (Å²) < 4.78 is 16.0. The molecule has 216 valence electrons. The molecule has 1 aromatic rings. The molecule has 1 fully saturated rings. The highest BCUT2D eigenvalue weighted by Gasteiger charge is 2.63. The van der Waals surface area contributed by atoms with Gasteiger partial charge >= 0.3 is 0 Å². The molecule has 12 heteroatoms. The third kappa shape index (κ3) is 3.96. The summed E-state index contributed by atoms with van der Waals surface area (Å²) in [6.45, 7) is 1.74. The van der Waals surface area contributed by atoms with Gasteiger partial charge in [-0.25, -0.2) is 4.39 Å². The Kier molecular flexibility index (Phi) is 6.81. The maximum absolute atomic E-state index is 16.0. The molecule has 3 aliphatic carbocycles. The van der Waals surface area contributed by atoms with E-state index < -0.39 is 69.6 Å². The van der Waals surface area contributed by atoms with Crippen molar-refractivity contribution in [3.63, 3.8) is 0 Å². The van der Waals surface area contributed by atoms with Crippen LogP contribution in [0.25, 0.3) is 0 Å². The Hall–Kier alpha value is -3.32. The van der Waals surface area contributed by atoms with Gasteiger partial charge in [0, 0.05) is 48.3 Å². The lowest BCUT2D eigenvalue weighted by molar-refractivity contribution is -0.148. The predicted octanol–water partition coefficient (Wildman–Crippen LogP) is 0.396. The van der Waals surface area contributed by atoms with Gasteiger partial charge in [0.2, 0.25) is 5.78 Å². The minimum Gasteiger partial charge on any atom is -0.510 e. The second kappa shape index (κ2) is 9.65. The zero-order chi connectivity index (χ0) is 29.4. The van der Waals surface area contributed by atoms with Crippen molar-refractivity contribution in [3.05, 3.63) is 51.2 Å². The van der Waals surface area contributed by atoms with Gasteiger partial charge in [0.15, 0.2) is 11.4 Å². The van der Waals surface area contributed by atoms with Gasteiger partial charge in [-0.05, 0) is 59.4 Å². The van der Waals surface area contributed by atoms with Gasteiger partial charge in [0.25, 0.3) is 5.91 Å². The van der Waals surface area contributed by atoms with Crippen LogP contribution in [0.4, 0.5) is 4.39 Å². The number of allylic oxidation sites excluding steroid dienone is 1. The summed E-state index contributed by atoms with van der Waals surface area (Å²) in [4.78, 5) is 44.7. The summed E-state index contributed by atoms with van der Waals surface area (Å²) in [5.41, 5.74) is 1.37. The third-order valence-electron chi connectivity index (χ3n) is 9.10. The molecule has 6 N–H and O–H groups in total. The van der Waals surface area contributed by atoms with E-state index in [4.69, 9.17) is 5.73 Å². The molecule has 0 aromatic heterocycles. The summed E-state index contributed by atoms with van der Waals surface area (Å²) in [5.74, 6) is -8.17. The number of likely N-dealkylation sites (tertiary alicyclic amines) is 1. The number of carbonyl (C=O) groups is 3. The molecular weight excluding hydrogens is 523 g/mol. The van der Waals surface area contributed by atoms with Crippen molar-refractivity contribution in [3.8, 4) is 5.75 Å². The Morgan fingerprint density at radius 1 is 1.18 bits per heavy atom. The van der Waals surface area contributed by atoms with Crippen LogP contribution in [-0.2, 0) is 22.6 Å². The molecule has 5 rings (SSSR count). The smallest absolute Gasteiger partial charge is 0.255 e. The van der Waals surface area contributed by atoms with E-state index in [0.29, 0.717) is 6.04 Å². The molecule has 1 aromatic carbocycles. The highest BCUT2D eigenvalue weighted by molar-refractivity contribution is 6.24. The summed E-state index contributed by atoms with van der Waals surface area (Å²) in [6.07, 6.45) is 0.753.